The van der Waals surface area contributed by atoms with Gasteiger partial charge < -0.3 is 10.6 Å². The van der Waals surface area contributed by atoms with E-state index < -0.39 is 0 Å². The van der Waals surface area contributed by atoms with Crippen LogP contribution in [0.25, 0.3) is 0 Å². The van der Waals surface area contributed by atoms with Crippen LogP contribution in [0.5, 0.6) is 0 Å². The van der Waals surface area contributed by atoms with Gasteiger partial charge in [-0.25, -0.2) is 4.39 Å². The number of anilines is 1. The molecule has 0 unspecified atom stereocenters. The van der Waals surface area contributed by atoms with Crippen molar-refractivity contribution < 1.29 is 4.39 Å². The van der Waals surface area contributed by atoms with E-state index in [1.807, 2.05) is 12.1 Å². The van der Waals surface area contributed by atoms with Gasteiger partial charge in [0, 0.05) is 55.9 Å². The fourth-order valence-electron chi connectivity index (χ4n) is 4.28. The summed E-state index contributed by atoms with van der Waals surface area (Å²) in [6.45, 7) is 4.40. The minimum atomic E-state index is -0.0962. The Hall–Kier alpha value is -1.91. The van der Waals surface area contributed by atoms with Gasteiger partial charge in [-0.15, -0.1) is 0 Å². The standard InChI is InChI=1S/C21H26FN3/c22-19-9-6-10-21(25-11-4-5-12-25)18(19)14-24-13-17(20(23)15-24)16-7-2-1-3-8-16/h1-3,6-10,17,20H,4-5,11-15,23H2/t17-,20+/m0/s1. The van der Waals surface area contributed by atoms with Crippen molar-refractivity contribution in [1.82, 2.24) is 4.90 Å². The third kappa shape index (κ3) is 3.42. The molecule has 132 valence electrons. The van der Waals surface area contributed by atoms with Crippen molar-refractivity contribution in [3.05, 3.63) is 65.5 Å². The fourth-order valence-corrected chi connectivity index (χ4v) is 4.28. The lowest BCUT2D eigenvalue weighted by Gasteiger charge is -2.24. The zero-order valence-corrected chi connectivity index (χ0v) is 14.6. The SMILES string of the molecule is N[C@@H]1CN(Cc2c(F)cccc2N2CCCC2)C[C@H]1c1ccccc1. The second kappa shape index (κ2) is 7.14. The molecule has 0 radical (unpaired) electrons. The Bertz CT molecular complexity index is 712. The molecule has 0 aromatic heterocycles. The van der Waals surface area contributed by atoms with E-state index in [0.29, 0.717) is 12.5 Å². The molecule has 2 fully saturated rings. The zero-order valence-electron chi connectivity index (χ0n) is 14.6. The highest BCUT2D eigenvalue weighted by molar-refractivity contribution is 5.55. The van der Waals surface area contributed by atoms with Crippen LogP contribution in [-0.4, -0.2) is 37.1 Å². The molecule has 0 bridgehead atoms. The van der Waals surface area contributed by atoms with Gasteiger partial charge in [-0.3, -0.25) is 4.90 Å². The van der Waals surface area contributed by atoms with Gasteiger partial charge in [0.1, 0.15) is 5.82 Å². The van der Waals surface area contributed by atoms with Crippen molar-refractivity contribution >= 4 is 5.69 Å². The Morgan fingerprint density at radius 2 is 1.72 bits per heavy atom. The van der Waals surface area contributed by atoms with Crippen LogP contribution in [0.2, 0.25) is 0 Å². The Balaban J connectivity index is 1.53. The van der Waals surface area contributed by atoms with Gasteiger partial charge in [0.15, 0.2) is 0 Å². The highest BCUT2D eigenvalue weighted by Gasteiger charge is 2.32. The Morgan fingerprint density at radius 1 is 0.960 bits per heavy atom. The van der Waals surface area contributed by atoms with E-state index >= 15 is 0 Å². The Labute approximate surface area is 149 Å². The third-order valence-corrected chi connectivity index (χ3v) is 5.59. The van der Waals surface area contributed by atoms with E-state index in [0.717, 1.165) is 37.4 Å². The second-order valence-corrected chi connectivity index (χ2v) is 7.31. The first kappa shape index (κ1) is 16.6. The van der Waals surface area contributed by atoms with E-state index in [2.05, 4.69) is 40.1 Å². The summed E-state index contributed by atoms with van der Waals surface area (Å²) in [5.41, 5.74) is 9.58. The van der Waals surface area contributed by atoms with E-state index in [4.69, 9.17) is 5.73 Å². The molecule has 2 aromatic rings. The van der Waals surface area contributed by atoms with Crippen molar-refractivity contribution in [3.8, 4) is 0 Å². The topological polar surface area (TPSA) is 32.5 Å². The van der Waals surface area contributed by atoms with Crippen LogP contribution >= 0.6 is 0 Å². The summed E-state index contributed by atoms with van der Waals surface area (Å²) in [4.78, 5) is 4.63. The van der Waals surface area contributed by atoms with Crippen molar-refractivity contribution in [2.24, 2.45) is 5.73 Å². The van der Waals surface area contributed by atoms with Gasteiger partial charge in [0.25, 0.3) is 0 Å². The Morgan fingerprint density at radius 3 is 2.48 bits per heavy atom. The minimum Gasteiger partial charge on any atom is -0.371 e. The number of nitrogens with two attached hydrogens (primary N) is 1. The molecule has 0 saturated carbocycles. The average molecular weight is 339 g/mol. The van der Waals surface area contributed by atoms with E-state index in [-0.39, 0.29) is 11.9 Å². The lowest BCUT2D eigenvalue weighted by Crippen LogP contribution is -2.29. The van der Waals surface area contributed by atoms with Crippen LogP contribution < -0.4 is 10.6 Å². The molecular formula is C21H26FN3. The predicted molar refractivity (Wildman–Crippen MR) is 100 cm³/mol. The van der Waals surface area contributed by atoms with Gasteiger partial charge >= 0.3 is 0 Å². The smallest absolute Gasteiger partial charge is 0.129 e. The van der Waals surface area contributed by atoms with Crippen LogP contribution in [-0.2, 0) is 6.54 Å². The van der Waals surface area contributed by atoms with Gasteiger partial charge in [-0.2, -0.15) is 0 Å². The summed E-state index contributed by atoms with van der Waals surface area (Å²) in [5, 5.41) is 0. The molecule has 2 aromatic carbocycles. The number of likely N-dealkylation sites (tertiary alicyclic amines) is 1. The molecule has 25 heavy (non-hydrogen) atoms. The minimum absolute atomic E-state index is 0.0962. The summed E-state index contributed by atoms with van der Waals surface area (Å²) in [5.74, 6) is 0.226. The summed E-state index contributed by atoms with van der Waals surface area (Å²) >= 11 is 0. The molecule has 2 aliphatic rings. The summed E-state index contributed by atoms with van der Waals surface area (Å²) in [6, 6.07) is 16.0. The maximum Gasteiger partial charge on any atom is 0.129 e. The quantitative estimate of drug-likeness (QED) is 0.927. The molecule has 2 atom stereocenters. The van der Waals surface area contributed by atoms with Gasteiger partial charge in [-0.1, -0.05) is 36.4 Å². The first-order valence-electron chi connectivity index (χ1n) is 9.27. The molecule has 0 aliphatic carbocycles. The normalized spacial score (nSPS) is 24.2. The third-order valence-electron chi connectivity index (χ3n) is 5.59. The van der Waals surface area contributed by atoms with Crippen LogP contribution in [0.15, 0.2) is 48.5 Å². The fraction of sp³-hybridized carbons (Fsp3) is 0.429. The lowest BCUT2D eigenvalue weighted by atomic mass is 9.95. The van der Waals surface area contributed by atoms with E-state index in [9.17, 15) is 4.39 Å². The van der Waals surface area contributed by atoms with Crippen LogP contribution in [0.1, 0.15) is 29.9 Å². The molecule has 2 aliphatic heterocycles. The van der Waals surface area contributed by atoms with Gasteiger partial charge in [0.2, 0.25) is 0 Å². The van der Waals surface area contributed by atoms with Gasteiger partial charge in [-0.05, 0) is 30.5 Å². The van der Waals surface area contributed by atoms with Crippen LogP contribution in [0, 0.1) is 5.82 Å². The van der Waals surface area contributed by atoms with Crippen molar-refractivity contribution in [3.63, 3.8) is 0 Å². The Kier molecular flexibility index (Phi) is 4.73. The van der Waals surface area contributed by atoms with Crippen molar-refractivity contribution in [1.29, 1.82) is 0 Å². The highest BCUT2D eigenvalue weighted by Crippen LogP contribution is 2.31. The highest BCUT2D eigenvalue weighted by atomic mass is 19.1. The van der Waals surface area contributed by atoms with Crippen molar-refractivity contribution in [2.75, 3.05) is 31.1 Å². The maximum atomic E-state index is 14.6. The number of halogens is 1. The lowest BCUT2D eigenvalue weighted by molar-refractivity contribution is 0.318. The van der Waals surface area contributed by atoms with E-state index in [1.54, 1.807) is 6.07 Å². The molecule has 2 N–H and O–H groups in total. The summed E-state index contributed by atoms with van der Waals surface area (Å²) in [7, 11) is 0. The number of hydrogen-bond donors (Lipinski definition) is 1. The summed E-state index contributed by atoms with van der Waals surface area (Å²) in [6.07, 6.45) is 2.39. The molecule has 3 nitrogen and oxygen atoms in total. The predicted octanol–water partition coefficient (Wildman–Crippen LogP) is 3.35. The summed E-state index contributed by atoms with van der Waals surface area (Å²) < 4.78 is 14.6. The molecule has 0 spiro atoms. The van der Waals surface area contributed by atoms with Crippen LogP contribution in [0.3, 0.4) is 0 Å². The second-order valence-electron chi connectivity index (χ2n) is 7.31. The molecule has 2 saturated heterocycles. The number of nitrogens with zero attached hydrogens (tertiary/aromatic N) is 2. The molecule has 4 heteroatoms. The number of rotatable bonds is 4. The maximum absolute atomic E-state index is 14.6. The first-order chi connectivity index (χ1) is 12.2. The first-order valence-corrected chi connectivity index (χ1v) is 9.27. The largest absolute Gasteiger partial charge is 0.371 e. The van der Waals surface area contributed by atoms with Crippen molar-refractivity contribution in [2.45, 2.75) is 31.3 Å². The zero-order chi connectivity index (χ0) is 17.2. The van der Waals surface area contributed by atoms with Gasteiger partial charge in [0.05, 0.1) is 0 Å². The molecular weight excluding hydrogens is 313 g/mol. The number of benzene rings is 2. The van der Waals surface area contributed by atoms with Crippen LogP contribution in [0.4, 0.5) is 10.1 Å². The molecule has 0 amide bonds. The van der Waals surface area contributed by atoms with E-state index in [1.165, 1.54) is 18.4 Å². The average Bonchev–Trinajstić information content (AvgIpc) is 3.27. The number of hydrogen-bond acceptors (Lipinski definition) is 3. The molecule has 2 heterocycles. The molecule has 4 rings (SSSR count). The monoisotopic (exact) mass is 339 g/mol.